The average molecular weight is 264 g/mol. The van der Waals surface area contributed by atoms with Crippen molar-refractivity contribution in [1.29, 1.82) is 5.26 Å². The molecule has 0 aromatic rings. The standard InChI is InChI=1S/C15H24N2O2/c1-12-9-17(10-13(2)19-12)14(18)15(11-16)7-5-3-4-6-8-15/h12-13H,3-10H2,1-2H3/t12-,13+. The van der Waals surface area contributed by atoms with Gasteiger partial charge in [0.1, 0.15) is 5.41 Å². The van der Waals surface area contributed by atoms with Gasteiger partial charge >= 0.3 is 0 Å². The number of hydrogen-bond acceptors (Lipinski definition) is 3. The van der Waals surface area contributed by atoms with Crippen LogP contribution < -0.4 is 0 Å². The van der Waals surface area contributed by atoms with E-state index in [2.05, 4.69) is 6.07 Å². The highest BCUT2D eigenvalue weighted by Gasteiger charge is 2.43. The highest BCUT2D eigenvalue weighted by atomic mass is 16.5. The van der Waals surface area contributed by atoms with Crippen LogP contribution in [-0.2, 0) is 9.53 Å². The van der Waals surface area contributed by atoms with Gasteiger partial charge in [-0.2, -0.15) is 5.26 Å². The summed E-state index contributed by atoms with van der Waals surface area (Å²) in [6, 6.07) is 2.35. The van der Waals surface area contributed by atoms with E-state index >= 15 is 0 Å². The first kappa shape index (κ1) is 14.3. The lowest BCUT2D eigenvalue weighted by Gasteiger charge is -2.39. The Labute approximate surface area is 115 Å². The number of morpholine rings is 1. The summed E-state index contributed by atoms with van der Waals surface area (Å²) in [6.07, 6.45) is 5.86. The minimum atomic E-state index is -0.771. The van der Waals surface area contributed by atoms with E-state index < -0.39 is 5.41 Å². The molecule has 0 radical (unpaired) electrons. The maximum Gasteiger partial charge on any atom is 0.243 e. The first-order valence-electron chi connectivity index (χ1n) is 7.43. The van der Waals surface area contributed by atoms with Crippen LogP contribution in [0.4, 0.5) is 0 Å². The molecule has 1 aliphatic heterocycles. The fourth-order valence-corrected chi connectivity index (χ4v) is 3.35. The third-order valence-corrected chi connectivity index (χ3v) is 4.29. The van der Waals surface area contributed by atoms with E-state index in [0.717, 1.165) is 38.5 Å². The fraction of sp³-hybridized carbons (Fsp3) is 0.867. The van der Waals surface area contributed by atoms with Crippen LogP contribution in [0.15, 0.2) is 0 Å². The van der Waals surface area contributed by atoms with Crippen LogP contribution in [0.2, 0.25) is 0 Å². The van der Waals surface area contributed by atoms with Gasteiger partial charge in [0, 0.05) is 13.1 Å². The maximum absolute atomic E-state index is 12.8. The van der Waals surface area contributed by atoms with Gasteiger partial charge < -0.3 is 9.64 Å². The van der Waals surface area contributed by atoms with Gasteiger partial charge in [0.15, 0.2) is 0 Å². The number of rotatable bonds is 1. The van der Waals surface area contributed by atoms with Crippen molar-refractivity contribution in [1.82, 2.24) is 4.90 Å². The van der Waals surface area contributed by atoms with Crippen LogP contribution in [0.3, 0.4) is 0 Å². The number of ether oxygens (including phenoxy) is 1. The molecule has 1 aliphatic carbocycles. The van der Waals surface area contributed by atoms with E-state index in [9.17, 15) is 10.1 Å². The summed E-state index contributed by atoms with van der Waals surface area (Å²) in [6.45, 7) is 5.21. The topological polar surface area (TPSA) is 53.3 Å². The van der Waals surface area contributed by atoms with Gasteiger partial charge in [-0.1, -0.05) is 25.7 Å². The number of carbonyl (C=O) groups excluding carboxylic acids is 1. The Morgan fingerprint density at radius 1 is 1.16 bits per heavy atom. The van der Waals surface area contributed by atoms with Crippen LogP contribution in [0.5, 0.6) is 0 Å². The predicted molar refractivity (Wildman–Crippen MR) is 72.3 cm³/mol. The van der Waals surface area contributed by atoms with Crippen LogP contribution in [-0.4, -0.2) is 36.1 Å². The van der Waals surface area contributed by atoms with E-state index in [1.165, 1.54) is 0 Å². The highest BCUT2D eigenvalue weighted by molar-refractivity contribution is 5.85. The molecule has 2 fully saturated rings. The number of nitrogens with zero attached hydrogens (tertiary/aromatic N) is 2. The third-order valence-electron chi connectivity index (χ3n) is 4.29. The number of nitriles is 1. The van der Waals surface area contributed by atoms with Gasteiger partial charge in [-0.05, 0) is 26.7 Å². The normalized spacial score (nSPS) is 31.3. The molecule has 106 valence electrons. The van der Waals surface area contributed by atoms with Crippen molar-refractivity contribution in [3.05, 3.63) is 0 Å². The van der Waals surface area contributed by atoms with Gasteiger partial charge in [-0.15, -0.1) is 0 Å². The molecule has 2 rings (SSSR count). The first-order chi connectivity index (χ1) is 9.07. The first-order valence-corrected chi connectivity index (χ1v) is 7.43. The van der Waals surface area contributed by atoms with Gasteiger partial charge in [0.2, 0.25) is 5.91 Å². The molecule has 0 bridgehead atoms. The fourth-order valence-electron chi connectivity index (χ4n) is 3.35. The Balaban J connectivity index is 2.13. The molecular weight excluding hydrogens is 240 g/mol. The largest absolute Gasteiger partial charge is 0.372 e. The van der Waals surface area contributed by atoms with Gasteiger partial charge in [0.25, 0.3) is 0 Å². The summed E-state index contributed by atoms with van der Waals surface area (Å²) in [5, 5.41) is 9.57. The molecule has 19 heavy (non-hydrogen) atoms. The molecule has 1 saturated heterocycles. The van der Waals surface area contributed by atoms with Crippen molar-refractivity contribution in [3.63, 3.8) is 0 Å². The molecule has 0 spiro atoms. The molecule has 2 aliphatic rings. The molecule has 2 atom stereocenters. The summed E-state index contributed by atoms with van der Waals surface area (Å²) >= 11 is 0. The second-order valence-electron chi connectivity index (χ2n) is 6.08. The Kier molecular flexibility index (Phi) is 4.46. The van der Waals surface area contributed by atoms with Crippen LogP contribution in [0.1, 0.15) is 52.4 Å². The van der Waals surface area contributed by atoms with E-state index in [1.54, 1.807) is 0 Å². The summed E-state index contributed by atoms with van der Waals surface area (Å²) in [5.74, 6) is 0.0406. The Hall–Kier alpha value is -1.08. The quantitative estimate of drug-likeness (QED) is 0.684. The van der Waals surface area contributed by atoms with Gasteiger partial charge in [-0.25, -0.2) is 0 Å². The molecule has 0 aromatic heterocycles. The van der Waals surface area contributed by atoms with Crippen molar-refractivity contribution in [3.8, 4) is 6.07 Å². The van der Waals surface area contributed by atoms with E-state index in [0.29, 0.717) is 13.1 Å². The lowest BCUT2D eigenvalue weighted by molar-refractivity contribution is -0.151. The lowest BCUT2D eigenvalue weighted by atomic mass is 9.80. The van der Waals surface area contributed by atoms with Crippen molar-refractivity contribution in [2.75, 3.05) is 13.1 Å². The Morgan fingerprint density at radius 3 is 2.16 bits per heavy atom. The Morgan fingerprint density at radius 2 is 1.68 bits per heavy atom. The predicted octanol–water partition coefficient (Wildman–Crippen LogP) is 2.49. The molecule has 1 amide bonds. The van der Waals surface area contributed by atoms with E-state index in [-0.39, 0.29) is 18.1 Å². The second-order valence-corrected chi connectivity index (χ2v) is 6.08. The van der Waals surface area contributed by atoms with E-state index in [4.69, 9.17) is 4.74 Å². The summed E-state index contributed by atoms with van der Waals surface area (Å²) in [4.78, 5) is 14.7. The minimum Gasteiger partial charge on any atom is -0.372 e. The lowest BCUT2D eigenvalue weighted by Crippen LogP contribution is -2.53. The highest BCUT2D eigenvalue weighted by Crippen LogP contribution is 2.36. The summed E-state index contributed by atoms with van der Waals surface area (Å²) in [5.41, 5.74) is -0.771. The molecular formula is C15H24N2O2. The monoisotopic (exact) mass is 264 g/mol. The zero-order valence-corrected chi connectivity index (χ0v) is 12.0. The molecule has 0 unspecified atom stereocenters. The number of amides is 1. The number of carbonyl (C=O) groups is 1. The minimum absolute atomic E-state index is 0.0406. The average Bonchev–Trinajstić information content (AvgIpc) is 2.63. The molecule has 4 heteroatoms. The van der Waals surface area contributed by atoms with Gasteiger partial charge in [0.05, 0.1) is 18.3 Å². The van der Waals surface area contributed by atoms with Crippen LogP contribution in [0, 0.1) is 16.7 Å². The number of hydrogen-bond donors (Lipinski definition) is 0. The Bertz CT molecular complexity index is 357. The molecule has 0 N–H and O–H groups in total. The van der Waals surface area contributed by atoms with Crippen molar-refractivity contribution < 1.29 is 9.53 Å². The van der Waals surface area contributed by atoms with Crippen molar-refractivity contribution in [2.24, 2.45) is 5.41 Å². The zero-order chi connectivity index (χ0) is 13.9. The maximum atomic E-state index is 12.8. The molecule has 1 saturated carbocycles. The molecule has 4 nitrogen and oxygen atoms in total. The van der Waals surface area contributed by atoms with Gasteiger partial charge in [-0.3, -0.25) is 4.79 Å². The second kappa shape index (κ2) is 5.92. The molecule has 0 aromatic carbocycles. The van der Waals surface area contributed by atoms with E-state index in [1.807, 2.05) is 18.7 Å². The van der Waals surface area contributed by atoms with Crippen LogP contribution in [0.25, 0.3) is 0 Å². The SMILES string of the molecule is C[C@@H]1CN(C(=O)C2(C#N)CCCCCC2)C[C@H](C)O1. The smallest absolute Gasteiger partial charge is 0.243 e. The summed E-state index contributed by atoms with van der Waals surface area (Å²) in [7, 11) is 0. The van der Waals surface area contributed by atoms with Crippen molar-refractivity contribution in [2.45, 2.75) is 64.6 Å². The zero-order valence-electron chi connectivity index (χ0n) is 12.0. The summed E-state index contributed by atoms with van der Waals surface area (Å²) < 4.78 is 5.67. The van der Waals surface area contributed by atoms with Crippen molar-refractivity contribution >= 4 is 5.91 Å². The van der Waals surface area contributed by atoms with Crippen LogP contribution >= 0.6 is 0 Å². The third kappa shape index (κ3) is 3.09. The molecule has 1 heterocycles.